The van der Waals surface area contributed by atoms with Crippen LogP contribution in [0.2, 0.25) is 0 Å². The second kappa shape index (κ2) is 3.96. The van der Waals surface area contributed by atoms with Gasteiger partial charge in [0.25, 0.3) is 0 Å². The van der Waals surface area contributed by atoms with E-state index in [-0.39, 0.29) is 5.70 Å². The highest BCUT2D eigenvalue weighted by atomic mass is 32.1. The van der Waals surface area contributed by atoms with Gasteiger partial charge in [0.05, 0.1) is 4.99 Å². The minimum absolute atomic E-state index is 0.0726. The molecule has 64 valence electrons. The van der Waals surface area contributed by atoms with Gasteiger partial charge in [-0.3, -0.25) is 4.99 Å². The lowest BCUT2D eigenvalue weighted by molar-refractivity contribution is -0.132. The van der Waals surface area contributed by atoms with E-state index in [1.54, 1.807) is 0 Å². The van der Waals surface area contributed by atoms with E-state index in [1.165, 1.54) is 12.3 Å². The Balaban J connectivity index is 2.80. The van der Waals surface area contributed by atoms with Gasteiger partial charge in [-0.05, 0) is 6.08 Å². The topological polar surface area (TPSA) is 61.7 Å². The van der Waals surface area contributed by atoms with Crippen molar-refractivity contribution in [3.05, 3.63) is 11.8 Å². The van der Waals surface area contributed by atoms with Gasteiger partial charge in [0.15, 0.2) is 0 Å². The smallest absolute Gasteiger partial charge is 0.352 e. The molecule has 0 bridgehead atoms. The van der Waals surface area contributed by atoms with E-state index in [2.05, 4.69) is 10.3 Å². The molecule has 0 aromatic rings. The highest BCUT2D eigenvalue weighted by molar-refractivity contribution is 7.80. The molecule has 12 heavy (non-hydrogen) atoms. The average Bonchev–Trinajstić information content (AvgIpc) is 1.95. The molecule has 4 nitrogen and oxygen atoms in total. The fraction of sp³-hybridized carbons (Fsp3) is 0.286. The zero-order valence-electron chi connectivity index (χ0n) is 6.28. The molecule has 0 saturated heterocycles. The lowest BCUT2D eigenvalue weighted by atomic mass is 10.3. The third kappa shape index (κ3) is 2.43. The van der Waals surface area contributed by atoms with Crippen LogP contribution < -0.4 is 5.32 Å². The summed E-state index contributed by atoms with van der Waals surface area (Å²) in [7, 11) is 0. The number of nitrogens with zero attached hydrogens (tertiary/aromatic N) is 1. The highest BCUT2D eigenvalue weighted by Crippen LogP contribution is 1.95. The molecular weight excluding hydrogens is 176 g/mol. The van der Waals surface area contributed by atoms with E-state index >= 15 is 0 Å². The van der Waals surface area contributed by atoms with Gasteiger partial charge in [-0.1, -0.05) is 12.2 Å². The van der Waals surface area contributed by atoms with Gasteiger partial charge < -0.3 is 10.4 Å². The minimum Gasteiger partial charge on any atom is -0.477 e. The zero-order valence-corrected chi connectivity index (χ0v) is 7.10. The predicted octanol–water partition coefficient (Wildman–Crippen LogP) is 0.346. The fourth-order valence-corrected chi connectivity index (χ4v) is 0.948. The van der Waals surface area contributed by atoms with Crippen molar-refractivity contribution in [3.8, 4) is 0 Å². The maximum absolute atomic E-state index is 10.5. The highest BCUT2D eigenvalue weighted by Gasteiger charge is 2.08. The van der Waals surface area contributed by atoms with E-state index in [1.807, 2.05) is 0 Å². The summed E-state index contributed by atoms with van der Waals surface area (Å²) in [6, 6.07) is 0. The van der Waals surface area contributed by atoms with Crippen LogP contribution in [-0.4, -0.2) is 28.8 Å². The average molecular weight is 184 g/mol. The molecule has 0 unspecified atom stereocenters. The molecule has 1 rings (SSSR count). The third-order valence-electron chi connectivity index (χ3n) is 1.32. The van der Waals surface area contributed by atoms with Crippen molar-refractivity contribution in [2.75, 3.05) is 6.54 Å². The number of hydrogen-bond donors (Lipinski definition) is 2. The number of hydrogen-bond acceptors (Lipinski definition) is 3. The lowest BCUT2D eigenvalue weighted by Crippen LogP contribution is -2.27. The standard InChI is InChI=1S/C7H8N2O2S/c10-7(11)5-1-3-8-4-2-6(12)9-5/h1,3H,2,4H2,(H,9,12)(H,10,11). The number of nitrogens with one attached hydrogen (secondary N) is 1. The molecular formula is C7H8N2O2S. The van der Waals surface area contributed by atoms with Gasteiger partial charge in [-0.15, -0.1) is 0 Å². The molecule has 0 aromatic heterocycles. The van der Waals surface area contributed by atoms with Gasteiger partial charge in [-0.2, -0.15) is 0 Å². The van der Waals surface area contributed by atoms with E-state index < -0.39 is 5.97 Å². The largest absolute Gasteiger partial charge is 0.477 e. The van der Waals surface area contributed by atoms with E-state index in [4.69, 9.17) is 17.3 Å². The summed E-state index contributed by atoms with van der Waals surface area (Å²) in [5.41, 5.74) is 0.0726. The maximum atomic E-state index is 10.5. The van der Waals surface area contributed by atoms with Crippen molar-refractivity contribution < 1.29 is 9.90 Å². The van der Waals surface area contributed by atoms with Crippen LogP contribution in [0.1, 0.15) is 6.42 Å². The summed E-state index contributed by atoms with van der Waals surface area (Å²) >= 11 is 4.86. The lowest BCUT2D eigenvalue weighted by Gasteiger charge is -2.08. The Morgan fingerprint density at radius 3 is 3.17 bits per heavy atom. The SMILES string of the molecule is O=C(O)C1=CC=NCCC(=S)N1. The van der Waals surface area contributed by atoms with Crippen molar-refractivity contribution in [3.63, 3.8) is 0 Å². The monoisotopic (exact) mass is 184 g/mol. The van der Waals surface area contributed by atoms with Crippen molar-refractivity contribution in [1.29, 1.82) is 0 Å². The summed E-state index contributed by atoms with van der Waals surface area (Å²) < 4.78 is 0. The Morgan fingerprint density at radius 1 is 1.75 bits per heavy atom. The van der Waals surface area contributed by atoms with Gasteiger partial charge in [-0.25, -0.2) is 4.79 Å². The second-order valence-corrected chi connectivity index (χ2v) is 2.73. The quantitative estimate of drug-likeness (QED) is 0.577. The Labute approximate surface area is 75.0 Å². The number of carboxylic acid groups (broad SMARTS) is 1. The molecule has 2 N–H and O–H groups in total. The van der Waals surface area contributed by atoms with Gasteiger partial charge in [0.2, 0.25) is 0 Å². The van der Waals surface area contributed by atoms with Crippen molar-refractivity contribution in [2.24, 2.45) is 4.99 Å². The number of thiocarbonyl (C=S) groups is 1. The van der Waals surface area contributed by atoms with Crippen molar-refractivity contribution >= 4 is 29.4 Å². The Bertz CT molecular complexity index is 271. The van der Waals surface area contributed by atoms with E-state index in [0.29, 0.717) is 18.0 Å². The molecule has 1 aliphatic heterocycles. The van der Waals surface area contributed by atoms with E-state index in [9.17, 15) is 4.79 Å². The van der Waals surface area contributed by atoms with Crippen molar-refractivity contribution in [1.82, 2.24) is 5.32 Å². The first-order valence-electron chi connectivity index (χ1n) is 3.43. The Morgan fingerprint density at radius 2 is 2.50 bits per heavy atom. The fourth-order valence-electron chi connectivity index (χ4n) is 0.747. The zero-order chi connectivity index (χ0) is 8.97. The molecule has 0 aliphatic carbocycles. The van der Waals surface area contributed by atoms with Gasteiger partial charge in [0, 0.05) is 19.2 Å². The van der Waals surface area contributed by atoms with Gasteiger partial charge in [0.1, 0.15) is 5.70 Å². The van der Waals surface area contributed by atoms with Crippen molar-refractivity contribution in [2.45, 2.75) is 6.42 Å². The Kier molecular flexibility index (Phi) is 2.93. The van der Waals surface area contributed by atoms with Crippen LogP contribution in [0.15, 0.2) is 16.8 Å². The molecule has 0 saturated carbocycles. The van der Waals surface area contributed by atoms with Crippen LogP contribution in [0.25, 0.3) is 0 Å². The molecule has 0 radical (unpaired) electrons. The molecule has 1 heterocycles. The summed E-state index contributed by atoms with van der Waals surface area (Å²) in [5, 5.41) is 11.2. The number of allylic oxidation sites excluding steroid dienone is 1. The van der Waals surface area contributed by atoms with Gasteiger partial charge >= 0.3 is 5.97 Å². The third-order valence-corrected chi connectivity index (χ3v) is 1.63. The van der Waals surface area contributed by atoms with E-state index in [0.717, 1.165) is 0 Å². The maximum Gasteiger partial charge on any atom is 0.352 e. The molecule has 0 amide bonds. The first kappa shape index (κ1) is 8.86. The molecule has 0 fully saturated rings. The van der Waals surface area contributed by atoms with Crippen LogP contribution in [-0.2, 0) is 4.79 Å². The minimum atomic E-state index is -1.02. The number of carboxylic acids is 1. The molecule has 0 atom stereocenters. The number of aliphatic carboxylic acids is 1. The molecule has 1 aliphatic rings. The number of rotatable bonds is 1. The number of aliphatic imine (C=N–C) groups is 1. The van der Waals surface area contributed by atoms with Crippen LogP contribution in [0.3, 0.4) is 0 Å². The van der Waals surface area contributed by atoms with Crippen LogP contribution in [0, 0.1) is 0 Å². The summed E-state index contributed by atoms with van der Waals surface area (Å²) in [5.74, 6) is -1.02. The first-order valence-corrected chi connectivity index (χ1v) is 3.84. The molecule has 5 heteroatoms. The first-order chi connectivity index (χ1) is 5.70. The predicted molar refractivity (Wildman–Crippen MR) is 49.4 cm³/mol. The molecule has 0 aromatic carbocycles. The normalized spacial score (nSPS) is 17.3. The van der Waals surface area contributed by atoms with Crippen LogP contribution >= 0.6 is 12.2 Å². The number of carbonyl (C=O) groups is 1. The van der Waals surface area contributed by atoms with Crippen LogP contribution in [0.4, 0.5) is 0 Å². The summed E-state index contributed by atoms with van der Waals surface area (Å²) in [4.78, 5) is 14.9. The second-order valence-electron chi connectivity index (χ2n) is 2.24. The van der Waals surface area contributed by atoms with Crippen LogP contribution in [0.5, 0.6) is 0 Å². The summed E-state index contributed by atoms with van der Waals surface area (Å²) in [6.45, 7) is 0.606. The molecule has 0 spiro atoms. The summed E-state index contributed by atoms with van der Waals surface area (Å²) in [6.07, 6.45) is 3.46. The Hall–Kier alpha value is -1.23.